The summed E-state index contributed by atoms with van der Waals surface area (Å²) >= 11 is 0. The van der Waals surface area contributed by atoms with Gasteiger partial charge in [0.2, 0.25) is 0 Å². The molecule has 152 valence electrons. The molecule has 0 bridgehead atoms. The molecule has 1 saturated heterocycles. The van der Waals surface area contributed by atoms with E-state index >= 15 is 0 Å². The molecule has 29 heavy (non-hydrogen) atoms. The van der Waals surface area contributed by atoms with E-state index in [1.54, 1.807) is 17.2 Å². The van der Waals surface area contributed by atoms with E-state index < -0.39 is 5.60 Å². The zero-order valence-electron chi connectivity index (χ0n) is 16.7. The van der Waals surface area contributed by atoms with Crippen LogP contribution in [0.25, 0.3) is 22.8 Å². The molecule has 0 unspecified atom stereocenters. The van der Waals surface area contributed by atoms with Gasteiger partial charge in [-0.25, -0.2) is 4.79 Å². The van der Waals surface area contributed by atoms with Gasteiger partial charge in [-0.1, -0.05) is 10.3 Å². The van der Waals surface area contributed by atoms with Crippen LogP contribution in [-0.2, 0) is 4.74 Å². The normalized spacial score (nSPS) is 15.5. The number of carbonyl (C=O) groups is 1. The second kappa shape index (κ2) is 7.65. The maximum absolute atomic E-state index is 12.2. The third-order valence-corrected chi connectivity index (χ3v) is 4.66. The number of carbonyl (C=O) groups excluding carboxylic acids is 1. The van der Waals surface area contributed by atoms with Crippen molar-refractivity contribution in [3.63, 3.8) is 0 Å². The van der Waals surface area contributed by atoms with Gasteiger partial charge in [0, 0.05) is 36.8 Å². The van der Waals surface area contributed by atoms with Crippen molar-refractivity contribution in [3.8, 4) is 22.8 Å². The number of hydrogen-bond acceptors (Lipinski definition) is 8. The van der Waals surface area contributed by atoms with Crippen LogP contribution < -0.4 is 0 Å². The molecule has 4 rings (SSSR count). The fourth-order valence-electron chi connectivity index (χ4n) is 3.21. The zero-order chi connectivity index (χ0) is 20.4. The molecule has 9 heteroatoms. The Balaban J connectivity index is 1.42. The fourth-order valence-corrected chi connectivity index (χ4v) is 3.21. The predicted molar refractivity (Wildman–Crippen MR) is 103 cm³/mol. The quantitative estimate of drug-likeness (QED) is 0.655. The molecule has 9 nitrogen and oxygen atoms in total. The highest BCUT2D eigenvalue weighted by Crippen LogP contribution is 2.29. The Kier molecular flexibility index (Phi) is 5.04. The van der Waals surface area contributed by atoms with Crippen LogP contribution in [0.2, 0.25) is 0 Å². The number of hydrogen-bond donors (Lipinski definition) is 0. The van der Waals surface area contributed by atoms with Crippen molar-refractivity contribution in [3.05, 3.63) is 36.5 Å². The molecule has 0 aliphatic carbocycles. The standard InChI is InChI=1S/C20H23N5O4/c1-20(2,3)28-19(26)25-9-5-13(6-10-25)17-22-18(29-24-17)14-4-8-21-16(12-14)15-7-11-27-23-15/h4,7-8,11-13H,5-6,9-10H2,1-3H3. The van der Waals surface area contributed by atoms with Crippen LogP contribution in [0.5, 0.6) is 0 Å². The van der Waals surface area contributed by atoms with E-state index in [4.69, 9.17) is 13.8 Å². The first-order chi connectivity index (χ1) is 13.9. The van der Waals surface area contributed by atoms with Crippen molar-refractivity contribution in [2.75, 3.05) is 13.1 Å². The van der Waals surface area contributed by atoms with Crippen LogP contribution in [-0.4, -0.2) is 50.0 Å². The Labute approximate surface area is 168 Å². The molecule has 0 spiro atoms. The van der Waals surface area contributed by atoms with Gasteiger partial charge >= 0.3 is 6.09 Å². The summed E-state index contributed by atoms with van der Waals surface area (Å²) in [5.41, 5.74) is 1.58. The van der Waals surface area contributed by atoms with E-state index in [1.165, 1.54) is 6.26 Å². The first-order valence-electron chi connectivity index (χ1n) is 9.58. The molecule has 3 aromatic heterocycles. The minimum atomic E-state index is -0.494. The Hall–Kier alpha value is -3.23. The number of likely N-dealkylation sites (tertiary alicyclic amines) is 1. The monoisotopic (exact) mass is 397 g/mol. The average Bonchev–Trinajstić information content (AvgIpc) is 3.39. The van der Waals surface area contributed by atoms with Crippen molar-refractivity contribution >= 4 is 6.09 Å². The number of nitrogens with zero attached hydrogens (tertiary/aromatic N) is 5. The molecular weight excluding hydrogens is 374 g/mol. The van der Waals surface area contributed by atoms with Crippen LogP contribution in [0.1, 0.15) is 45.4 Å². The van der Waals surface area contributed by atoms with Crippen LogP contribution in [0.15, 0.2) is 39.7 Å². The van der Waals surface area contributed by atoms with E-state index in [0.717, 1.165) is 18.4 Å². The van der Waals surface area contributed by atoms with Crippen molar-refractivity contribution in [2.24, 2.45) is 0 Å². The Morgan fingerprint density at radius 3 is 2.66 bits per heavy atom. The van der Waals surface area contributed by atoms with E-state index in [2.05, 4.69) is 20.3 Å². The Morgan fingerprint density at radius 1 is 1.17 bits per heavy atom. The lowest BCUT2D eigenvalue weighted by Gasteiger charge is -2.32. The lowest BCUT2D eigenvalue weighted by molar-refractivity contribution is 0.0203. The number of rotatable bonds is 3. The third-order valence-electron chi connectivity index (χ3n) is 4.66. The lowest BCUT2D eigenvalue weighted by atomic mass is 9.96. The molecule has 1 fully saturated rings. The Morgan fingerprint density at radius 2 is 1.97 bits per heavy atom. The molecule has 0 radical (unpaired) electrons. The molecule has 3 aromatic rings. The summed E-state index contributed by atoms with van der Waals surface area (Å²) in [5.74, 6) is 1.23. The van der Waals surface area contributed by atoms with Crippen LogP contribution >= 0.6 is 0 Å². The maximum atomic E-state index is 12.2. The summed E-state index contributed by atoms with van der Waals surface area (Å²) in [4.78, 5) is 22.8. The topological polar surface area (TPSA) is 107 Å². The highest BCUT2D eigenvalue weighted by molar-refractivity contribution is 5.68. The van der Waals surface area contributed by atoms with E-state index in [0.29, 0.717) is 36.2 Å². The maximum Gasteiger partial charge on any atom is 0.410 e. The van der Waals surface area contributed by atoms with Gasteiger partial charge in [-0.3, -0.25) is 4.98 Å². The lowest BCUT2D eigenvalue weighted by Crippen LogP contribution is -2.41. The molecule has 4 heterocycles. The van der Waals surface area contributed by atoms with Gasteiger partial charge in [-0.05, 0) is 45.7 Å². The summed E-state index contributed by atoms with van der Waals surface area (Å²) in [7, 11) is 0. The molecule has 0 N–H and O–H groups in total. The second-order valence-electron chi connectivity index (χ2n) is 8.01. The SMILES string of the molecule is CC(C)(C)OC(=O)N1CCC(c2noc(-c3ccnc(-c4ccon4)c3)n2)CC1. The summed E-state index contributed by atoms with van der Waals surface area (Å²) in [6.07, 6.45) is 4.42. The number of ether oxygens (including phenoxy) is 1. The molecule has 0 saturated carbocycles. The smallest absolute Gasteiger partial charge is 0.410 e. The van der Waals surface area contributed by atoms with Gasteiger partial charge in [-0.2, -0.15) is 4.98 Å². The summed E-state index contributed by atoms with van der Waals surface area (Å²) in [6, 6.07) is 5.38. The van der Waals surface area contributed by atoms with E-state index in [-0.39, 0.29) is 12.0 Å². The number of aromatic nitrogens is 4. The highest BCUT2D eigenvalue weighted by atomic mass is 16.6. The van der Waals surface area contributed by atoms with E-state index in [1.807, 2.05) is 32.9 Å². The summed E-state index contributed by atoms with van der Waals surface area (Å²) < 4.78 is 15.8. The van der Waals surface area contributed by atoms with Crippen molar-refractivity contribution in [1.82, 2.24) is 25.2 Å². The van der Waals surface area contributed by atoms with Crippen LogP contribution in [0.3, 0.4) is 0 Å². The van der Waals surface area contributed by atoms with Crippen LogP contribution in [0.4, 0.5) is 4.79 Å². The minimum absolute atomic E-state index is 0.142. The third kappa shape index (κ3) is 4.44. The average molecular weight is 397 g/mol. The van der Waals surface area contributed by atoms with Crippen LogP contribution in [0, 0.1) is 0 Å². The minimum Gasteiger partial charge on any atom is -0.444 e. The van der Waals surface area contributed by atoms with Crippen molar-refractivity contribution < 1.29 is 18.6 Å². The second-order valence-corrected chi connectivity index (χ2v) is 8.01. The molecular formula is C20H23N5O4. The van der Waals surface area contributed by atoms with Gasteiger partial charge in [0.15, 0.2) is 5.82 Å². The Bertz CT molecular complexity index is 969. The molecule has 1 aliphatic rings. The number of pyridine rings is 1. The first kappa shape index (κ1) is 19.1. The first-order valence-corrected chi connectivity index (χ1v) is 9.58. The van der Waals surface area contributed by atoms with Gasteiger partial charge in [-0.15, -0.1) is 0 Å². The molecule has 0 aromatic carbocycles. The molecule has 0 atom stereocenters. The molecule has 1 amide bonds. The van der Waals surface area contributed by atoms with Gasteiger partial charge in [0.25, 0.3) is 5.89 Å². The van der Waals surface area contributed by atoms with Gasteiger partial charge in [0.1, 0.15) is 17.6 Å². The highest BCUT2D eigenvalue weighted by Gasteiger charge is 2.29. The predicted octanol–water partition coefficient (Wildman–Crippen LogP) is 3.90. The van der Waals surface area contributed by atoms with Gasteiger partial charge < -0.3 is 18.7 Å². The molecule has 1 aliphatic heterocycles. The fraction of sp³-hybridized carbons (Fsp3) is 0.450. The van der Waals surface area contributed by atoms with E-state index in [9.17, 15) is 4.79 Å². The number of amides is 1. The summed E-state index contributed by atoms with van der Waals surface area (Å²) in [6.45, 7) is 6.81. The van der Waals surface area contributed by atoms with Crippen molar-refractivity contribution in [2.45, 2.75) is 45.1 Å². The number of piperidine rings is 1. The zero-order valence-corrected chi connectivity index (χ0v) is 16.7. The van der Waals surface area contributed by atoms with Gasteiger partial charge in [0.05, 0.1) is 5.69 Å². The largest absolute Gasteiger partial charge is 0.444 e. The summed E-state index contributed by atoms with van der Waals surface area (Å²) in [5, 5.41) is 8.06. The van der Waals surface area contributed by atoms with Crippen molar-refractivity contribution in [1.29, 1.82) is 0 Å².